The molecule has 49 valence electrons. The van der Waals surface area contributed by atoms with Crippen molar-refractivity contribution in [2.75, 3.05) is 5.88 Å². The minimum Gasteiger partial charge on any atom is -1.00 e. The van der Waals surface area contributed by atoms with E-state index < -0.39 is 0 Å². The maximum absolute atomic E-state index is 5.46. The summed E-state index contributed by atoms with van der Waals surface area (Å²) in [6.07, 6.45) is 7.42. The lowest BCUT2D eigenvalue weighted by molar-refractivity contribution is -0.00000160. The average molecular weight is 254 g/mol. The van der Waals surface area contributed by atoms with Crippen LogP contribution in [0.25, 0.3) is 0 Å². The zero-order valence-electron chi connectivity index (χ0n) is 4.72. The molecule has 0 saturated heterocycles. The van der Waals surface area contributed by atoms with Crippen molar-refractivity contribution in [2.24, 2.45) is 0 Å². The highest BCUT2D eigenvalue weighted by Crippen LogP contribution is 1.94. The van der Waals surface area contributed by atoms with Gasteiger partial charge in [0.25, 0.3) is 5.70 Å². The molecule has 3 heteroatoms. The minimum atomic E-state index is 0. The van der Waals surface area contributed by atoms with Crippen molar-refractivity contribution in [3.8, 4) is 0 Å². The molecule has 0 aliphatic carbocycles. The van der Waals surface area contributed by atoms with Gasteiger partial charge in [0, 0.05) is 12.2 Å². The van der Waals surface area contributed by atoms with Gasteiger partial charge in [-0.25, -0.2) is 0 Å². The van der Waals surface area contributed by atoms with Gasteiger partial charge in [-0.3, -0.25) is 0 Å². The van der Waals surface area contributed by atoms with Crippen LogP contribution in [0.1, 0.15) is 0 Å². The van der Waals surface area contributed by atoms with Crippen LogP contribution in [0.5, 0.6) is 0 Å². The number of allylic oxidation sites excluding steroid dienone is 4. The Morgan fingerprint density at radius 1 is 1.44 bits per heavy atom. The predicted octanol–water partition coefficient (Wildman–Crippen LogP) is -1.91. The lowest BCUT2D eigenvalue weighted by Crippen LogP contribution is -3.00. The van der Waals surface area contributed by atoms with Gasteiger partial charge in [-0.1, -0.05) is 0 Å². The van der Waals surface area contributed by atoms with Crippen LogP contribution >= 0.6 is 11.6 Å². The van der Waals surface area contributed by atoms with Gasteiger partial charge in [-0.15, -0.1) is 11.6 Å². The van der Waals surface area contributed by atoms with Gasteiger partial charge in [0.1, 0.15) is 5.88 Å². The van der Waals surface area contributed by atoms with Crippen molar-refractivity contribution in [1.29, 1.82) is 0 Å². The summed E-state index contributed by atoms with van der Waals surface area (Å²) in [5, 5.41) is 0. The first-order chi connectivity index (χ1) is 3.93. The van der Waals surface area contributed by atoms with E-state index in [1.165, 1.54) is 0 Å². The predicted molar refractivity (Wildman–Crippen MR) is 36.1 cm³/mol. The van der Waals surface area contributed by atoms with Crippen molar-refractivity contribution in [3.63, 3.8) is 0 Å². The maximum atomic E-state index is 5.46. The van der Waals surface area contributed by atoms with Gasteiger partial charge in [0.05, 0.1) is 4.99 Å². The lowest BCUT2D eigenvalue weighted by atomic mass is 10.3. The van der Waals surface area contributed by atoms with Crippen molar-refractivity contribution in [1.82, 2.24) is 4.99 Å². The van der Waals surface area contributed by atoms with E-state index in [-0.39, 0.29) is 24.0 Å². The normalized spacial score (nSPS) is 14.6. The summed E-state index contributed by atoms with van der Waals surface area (Å²) < 4.78 is 0. The number of rotatable bonds is 1. The molecule has 1 rings (SSSR count). The van der Waals surface area contributed by atoms with Crippen LogP contribution in [-0.4, -0.2) is 12.1 Å². The quantitative estimate of drug-likeness (QED) is 0.383. The molecular weight excluding hydrogens is 248 g/mol. The average Bonchev–Trinajstić information content (AvgIpc) is 1.90. The number of halogens is 2. The summed E-state index contributed by atoms with van der Waals surface area (Å²) in [6, 6.07) is 0. The molecule has 0 aromatic heterocycles. The topological polar surface area (TPSA) is 14.1 Å². The van der Waals surface area contributed by atoms with Crippen LogP contribution in [-0.2, 0) is 0 Å². The Bertz CT molecular complexity index is 160. The van der Waals surface area contributed by atoms with Crippen molar-refractivity contribution in [3.05, 3.63) is 23.9 Å². The molecule has 9 heavy (non-hydrogen) atoms. The van der Waals surface area contributed by atoms with Crippen molar-refractivity contribution < 1.29 is 24.0 Å². The SMILES string of the molecule is ClCC1=CC=CC=[N+]1.[I-]. The largest absolute Gasteiger partial charge is 1.00 e. The lowest BCUT2D eigenvalue weighted by Gasteiger charge is -1.79. The summed E-state index contributed by atoms with van der Waals surface area (Å²) in [6.45, 7) is 0. The highest BCUT2D eigenvalue weighted by Gasteiger charge is 2.03. The molecule has 0 aromatic carbocycles. The third kappa shape index (κ3) is 3.01. The molecular formula is C6H6ClIN. The fourth-order valence-corrected chi connectivity index (χ4v) is 0.635. The Morgan fingerprint density at radius 2 is 2.22 bits per heavy atom. The van der Waals surface area contributed by atoms with Crippen LogP contribution in [0.15, 0.2) is 23.9 Å². The summed E-state index contributed by atoms with van der Waals surface area (Å²) in [4.78, 5) is 3.97. The third-order valence-electron chi connectivity index (χ3n) is 0.863. The zero-order valence-corrected chi connectivity index (χ0v) is 7.63. The smallest absolute Gasteiger partial charge is 0.268 e. The number of hydrogen-bond donors (Lipinski definition) is 0. The standard InChI is InChI=1S/C6H6ClN.HI/c7-5-6-3-1-2-4-8-6;/h1-4H,5H2;1H/q+1;/p-1. The van der Waals surface area contributed by atoms with Gasteiger partial charge in [-0.2, -0.15) is 0 Å². The summed E-state index contributed by atoms with van der Waals surface area (Å²) >= 11 is 5.46. The third-order valence-corrected chi connectivity index (χ3v) is 1.14. The number of aliphatic imine (C=N–C) groups is 1. The van der Waals surface area contributed by atoms with E-state index >= 15 is 0 Å². The maximum Gasteiger partial charge on any atom is 0.268 e. The molecule has 1 radical (unpaired) electrons. The number of hydrogen-bond acceptors (Lipinski definition) is 1. The molecule has 0 fully saturated rings. The highest BCUT2D eigenvalue weighted by atomic mass is 127. The number of nitrogens with zero attached hydrogens (tertiary/aromatic N) is 1. The fourth-order valence-electron chi connectivity index (χ4n) is 0.477. The second kappa shape index (κ2) is 4.99. The summed E-state index contributed by atoms with van der Waals surface area (Å²) in [5.74, 6) is 0.501. The molecule has 0 aromatic rings. The zero-order chi connectivity index (χ0) is 5.82. The first-order valence-electron chi connectivity index (χ1n) is 2.39. The van der Waals surface area contributed by atoms with E-state index in [9.17, 15) is 0 Å². The van der Waals surface area contributed by atoms with E-state index in [4.69, 9.17) is 11.6 Å². The van der Waals surface area contributed by atoms with Crippen LogP contribution in [0.4, 0.5) is 0 Å². The van der Waals surface area contributed by atoms with Crippen molar-refractivity contribution >= 4 is 17.8 Å². The second-order valence-electron chi connectivity index (χ2n) is 1.45. The van der Waals surface area contributed by atoms with E-state index in [0.717, 1.165) is 5.70 Å². The Kier molecular flexibility index (Phi) is 5.09. The van der Waals surface area contributed by atoms with E-state index in [1.807, 2.05) is 18.2 Å². The van der Waals surface area contributed by atoms with Crippen LogP contribution < -0.4 is 29.0 Å². The molecule has 0 atom stereocenters. The molecule has 0 bridgehead atoms. The minimum absolute atomic E-state index is 0. The van der Waals surface area contributed by atoms with Crippen LogP contribution in [0.2, 0.25) is 0 Å². The Morgan fingerprint density at radius 3 is 2.56 bits per heavy atom. The van der Waals surface area contributed by atoms with Crippen molar-refractivity contribution in [2.45, 2.75) is 0 Å². The second-order valence-corrected chi connectivity index (χ2v) is 1.72. The first-order valence-corrected chi connectivity index (χ1v) is 2.93. The van der Waals surface area contributed by atoms with E-state index in [0.29, 0.717) is 5.88 Å². The molecule has 0 N–H and O–H groups in total. The summed E-state index contributed by atoms with van der Waals surface area (Å²) in [5.41, 5.74) is 0.925. The van der Waals surface area contributed by atoms with E-state index in [2.05, 4.69) is 4.99 Å². The van der Waals surface area contributed by atoms with Gasteiger partial charge in [-0.05, 0) is 6.08 Å². The molecule has 1 nitrogen and oxygen atoms in total. The molecule has 0 spiro atoms. The van der Waals surface area contributed by atoms with Gasteiger partial charge in [0.2, 0.25) is 6.21 Å². The molecule has 1 aliphatic heterocycles. The molecule has 1 aliphatic rings. The molecule has 0 unspecified atom stereocenters. The number of alkyl halides is 1. The molecule has 0 saturated carbocycles. The van der Waals surface area contributed by atoms with Gasteiger partial charge in [0.15, 0.2) is 0 Å². The van der Waals surface area contributed by atoms with E-state index in [1.54, 1.807) is 6.21 Å². The molecule has 0 amide bonds. The van der Waals surface area contributed by atoms with Crippen LogP contribution in [0.3, 0.4) is 0 Å². The Labute approximate surface area is 76.5 Å². The monoisotopic (exact) mass is 254 g/mol. The van der Waals surface area contributed by atoms with Gasteiger partial charge < -0.3 is 24.0 Å². The van der Waals surface area contributed by atoms with Gasteiger partial charge >= 0.3 is 0 Å². The summed E-state index contributed by atoms with van der Waals surface area (Å²) in [7, 11) is 0. The highest BCUT2D eigenvalue weighted by molar-refractivity contribution is 6.19. The Hall–Kier alpha value is 0.170. The fraction of sp³-hybridized carbons (Fsp3) is 0.167. The van der Waals surface area contributed by atoms with Crippen LogP contribution in [0, 0.1) is 0 Å². The first kappa shape index (κ1) is 9.17. The molecule has 1 heterocycles. The Balaban J connectivity index is 0.000000640.